The molecule has 154 valence electrons. The second-order valence-corrected chi connectivity index (χ2v) is 10.4. The summed E-state index contributed by atoms with van der Waals surface area (Å²) in [6.45, 7) is 12.1. The number of carbonyl (C=O) groups excluding carboxylic acids is 1. The van der Waals surface area contributed by atoms with E-state index in [0.29, 0.717) is 11.3 Å². The lowest BCUT2D eigenvalue weighted by Crippen LogP contribution is -2.67. The number of aromatic hydroxyl groups is 2. The molecule has 1 unspecified atom stereocenters. The summed E-state index contributed by atoms with van der Waals surface area (Å²) in [5.41, 5.74) is 0.244. The van der Waals surface area contributed by atoms with E-state index >= 15 is 0 Å². The predicted molar refractivity (Wildman–Crippen MR) is 106 cm³/mol. The van der Waals surface area contributed by atoms with Crippen LogP contribution in [-0.4, -0.2) is 27.4 Å². The first-order valence-electron chi connectivity index (χ1n) is 10.4. The number of fused-ring (bicyclic) bond motifs is 2. The van der Waals surface area contributed by atoms with Gasteiger partial charge < -0.3 is 19.7 Å². The second kappa shape index (κ2) is 5.88. The molecule has 2 bridgehead atoms. The van der Waals surface area contributed by atoms with Gasteiger partial charge >= 0.3 is 0 Å². The van der Waals surface area contributed by atoms with Crippen molar-refractivity contribution in [1.82, 2.24) is 0 Å². The van der Waals surface area contributed by atoms with Crippen molar-refractivity contribution < 1.29 is 24.5 Å². The molecule has 3 aliphatic rings. The van der Waals surface area contributed by atoms with Gasteiger partial charge in [-0.1, -0.05) is 27.7 Å². The zero-order valence-corrected chi connectivity index (χ0v) is 17.8. The molecule has 0 amide bonds. The van der Waals surface area contributed by atoms with Gasteiger partial charge in [0.2, 0.25) is 5.79 Å². The molecule has 2 fully saturated rings. The molecular formula is C23H32O5. The molecule has 0 aromatic heterocycles. The van der Waals surface area contributed by atoms with E-state index in [0.717, 1.165) is 25.7 Å². The summed E-state index contributed by atoms with van der Waals surface area (Å²) >= 11 is 0. The summed E-state index contributed by atoms with van der Waals surface area (Å²) in [5, 5.41) is 21.3. The summed E-state index contributed by atoms with van der Waals surface area (Å²) in [6, 6.07) is 1.30. The molecule has 1 saturated heterocycles. The highest BCUT2D eigenvalue weighted by atomic mass is 16.7. The number of ketones is 1. The first-order chi connectivity index (χ1) is 12.9. The number of carbonyl (C=O) groups is 1. The highest BCUT2D eigenvalue weighted by molar-refractivity contribution is 6.03. The van der Waals surface area contributed by atoms with Gasteiger partial charge in [0.1, 0.15) is 22.8 Å². The van der Waals surface area contributed by atoms with Gasteiger partial charge in [0, 0.05) is 34.8 Å². The van der Waals surface area contributed by atoms with E-state index in [1.807, 2.05) is 0 Å². The van der Waals surface area contributed by atoms with Gasteiger partial charge in [0.15, 0.2) is 5.78 Å². The highest BCUT2D eigenvalue weighted by Crippen LogP contribution is 2.66. The third-order valence-electron chi connectivity index (χ3n) is 7.16. The number of ether oxygens (including phenoxy) is 2. The third kappa shape index (κ3) is 2.51. The maximum atomic E-state index is 13.0. The van der Waals surface area contributed by atoms with Crippen LogP contribution in [0.25, 0.3) is 0 Å². The van der Waals surface area contributed by atoms with Crippen molar-refractivity contribution in [3.63, 3.8) is 0 Å². The SMILES string of the molecule is CC(C)C(=O)c1c(O)cc(O)c2c1O[C@]13OC(C)(C)CC[C@H]1C2CCC3(C)C. The Balaban J connectivity index is 1.99. The highest BCUT2D eigenvalue weighted by Gasteiger charge is 2.66. The second-order valence-electron chi connectivity index (χ2n) is 10.4. The van der Waals surface area contributed by atoms with Crippen LogP contribution in [0.1, 0.15) is 89.1 Å². The number of Topliss-reactive ketones (excluding diaryl/α,β-unsaturated/α-hetero) is 1. The lowest BCUT2D eigenvalue weighted by Gasteiger charge is -2.63. The molecule has 2 N–H and O–H groups in total. The van der Waals surface area contributed by atoms with E-state index in [9.17, 15) is 15.0 Å². The third-order valence-corrected chi connectivity index (χ3v) is 7.16. The van der Waals surface area contributed by atoms with Crippen molar-refractivity contribution in [3.05, 3.63) is 17.2 Å². The molecule has 28 heavy (non-hydrogen) atoms. The quantitative estimate of drug-likeness (QED) is 0.687. The van der Waals surface area contributed by atoms with Gasteiger partial charge in [-0.2, -0.15) is 0 Å². The molecule has 5 heteroatoms. The Bertz CT molecular complexity index is 838. The lowest BCUT2D eigenvalue weighted by molar-refractivity contribution is -0.360. The molecule has 1 aromatic carbocycles. The van der Waals surface area contributed by atoms with Crippen molar-refractivity contribution in [3.8, 4) is 17.2 Å². The Labute approximate surface area is 167 Å². The van der Waals surface area contributed by atoms with E-state index in [1.54, 1.807) is 13.8 Å². The fourth-order valence-corrected chi connectivity index (χ4v) is 5.60. The van der Waals surface area contributed by atoms with Crippen LogP contribution in [0.4, 0.5) is 0 Å². The van der Waals surface area contributed by atoms with Crippen LogP contribution in [0, 0.1) is 17.3 Å². The van der Waals surface area contributed by atoms with Crippen molar-refractivity contribution in [2.75, 3.05) is 0 Å². The molecule has 2 aliphatic heterocycles. The van der Waals surface area contributed by atoms with Crippen LogP contribution < -0.4 is 4.74 Å². The minimum atomic E-state index is -0.878. The van der Waals surface area contributed by atoms with Gasteiger partial charge in [-0.05, 0) is 39.5 Å². The van der Waals surface area contributed by atoms with Gasteiger partial charge in [-0.15, -0.1) is 0 Å². The maximum absolute atomic E-state index is 13.0. The molecule has 5 nitrogen and oxygen atoms in total. The number of rotatable bonds is 2. The van der Waals surface area contributed by atoms with Gasteiger partial charge in [-0.25, -0.2) is 0 Å². The molecule has 1 saturated carbocycles. The Morgan fingerprint density at radius 2 is 1.79 bits per heavy atom. The van der Waals surface area contributed by atoms with E-state index in [2.05, 4.69) is 27.7 Å². The number of phenolic OH excluding ortho intramolecular Hbond substituents is 2. The predicted octanol–water partition coefficient (Wildman–Crippen LogP) is 5.13. The lowest BCUT2D eigenvalue weighted by atomic mass is 9.56. The van der Waals surface area contributed by atoms with Crippen LogP contribution in [0.5, 0.6) is 17.2 Å². The normalized spacial score (nSPS) is 32.2. The number of hydrogen-bond acceptors (Lipinski definition) is 5. The van der Waals surface area contributed by atoms with Gasteiger partial charge in [-0.3, -0.25) is 4.79 Å². The zero-order chi connectivity index (χ0) is 20.6. The van der Waals surface area contributed by atoms with Crippen LogP contribution >= 0.6 is 0 Å². The zero-order valence-electron chi connectivity index (χ0n) is 17.8. The monoisotopic (exact) mass is 388 g/mol. The summed E-state index contributed by atoms with van der Waals surface area (Å²) in [7, 11) is 0. The summed E-state index contributed by atoms with van der Waals surface area (Å²) in [5.74, 6) is -1.10. The fourth-order valence-electron chi connectivity index (χ4n) is 5.60. The number of phenols is 2. The van der Waals surface area contributed by atoms with Crippen molar-refractivity contribution in [2.24, 2.45) is 17.3 Å². The van der Waals surface area contributed by atoms with Crippen LogP contribution in [-0.2, 0) is 4.74 Å². The van der Waals surface area contributed by atoms with Gasteiger partial charge in [0.25, 0.3) is 0 Å². The standard InChI is InChI=1S/C23H32O5/c1-12(2)19(26)18-16(25)11-15(24)17-13-7-9-21(3,4)23(27-20(17)18)14(13)8-10-22(5,6)28-23/h11-14,24-25H,7-10H2,1-6H3/t13?,14-,23-/m0/s1. The molecule has 1 aromatic rings. The Kier molecular flexibility index (Phi) is 4.11. The van der Waals surface area contributed by atoms with E-state index in [1.165, 1.54) is 6.07 Å². The molecule has 0 radical (unpaired) electrons. The Morgan fingerprint density at radius 1 is 1.11 bits per heavy atom. The molecule has 3 atom stereocenters. The van der Waals surface area contributed by atoms with Crippen LogP contribution in [0.15, 0.2) is 6.07 Å². The first-order valence-corrected chi connectivity index (χ1v) is 10.4. The van der Waals surface area contributed by atoms with Crippen molar-refractivity contribution >= 4 is 5.78 Å². The molecule has 1 aliphatic carbocycles. The van der Waals surface area contributed by atoms with Crippen LogP contribution in [0.2, 0.25) is 0 Å². The van der Waals surface area contributed by atoms with Crippen LogP contribution in [0.3, 0.4) is 0 Å². The maximum Gasteiger partial charge on any atom is 0.219 e. The molecule has 2 heterocycles. The van der Waals surface area contributed by atoms with E-state index in [-0.39, 0.29) is 51.6 Å². The fraction of sp³-hybridized carbons (Fsp3) is 0.696. The Morgan fingerprint density at radius 3 is 2.43 bits per heavy atom. The number of hydrogen-bond donors (Lipinski definition) is 2. The minimum Gasteiger partial charge on any atom is -0.507 e. The molecular weight excluding hydrogens is 356 g/mol. The summed E-state index contributed by atoms with van der Waals surface area (Å²) < 4.78 is 13.3. The van der Waals surface area contributed by atoms with Crippen molar-refractivity contribution in [2.45, 2.75) is 84.5 Å². The first kappa shape index (κ1) is 19.6. The average Bonchev–Trinajstić information content (AvgIpc) is 2.56. The van der Waals surface area contributed by atoms with Gasteiger partial charge in [0.05, 0.1) is 5.60 Å². The summed E-state index contributed by atoms with van der Waals surface area (Å²) in [6.07, 6.45) is 3.65. The Hall–Kier alpha value is -1.75. The van der Waals surface area contributed by atoms with Crippen molar-refractivity contribution in [1.29, 1.82) is 0 Å². The smallest absolute Gasteiger partial charge is 0.219 e. The summed E-state index contributed by atoms with van der Waals surface area (Å²) in [4.78, 5) is 13.0. The average molecular weight is 389 g/mol. The molecule has 0 spiro atoms. The molecule has 4 rings (SSSR count). The minimum absolute atomic E-state index is 0.0101. The number of benzene rings is 1. The largest absolute Gasteiger partial charge is 0.507 e. The topological polar surface area (TPSA) is 76.0 Å². The van der Waals surface area contributed by atoms with E-state index < -0.39 is 5.79 Å². The van der Waals surface area contributed by atoms with E-state index in [4.69, 9.17) is 9.47 Å².